The molecule has 1 saturated heterocycles. The van der Waals surface area contributed by atoms with Gasteiger partial charge in [-0.1, -0.05) is 6.08 Å². The normalized spacial score (nSPS) is 17.9. The second-order valence-electron chi connectivity index (χ2n) is 10.3. The van der Waals surface area contributed by atoms with E-state index in [9.17, 15) is 14.4 Å². The number of hydrogen-bond acceptors (Lipinski definition) is 8. The lowest BCUT2D eigenvalue weighted by molar-refractivity contribution is -0.138. The number of fused-ring (bicyclic) bond motifs is 1. The van der Waals surface area contributed by atoms with E-state index in [4.69, 9.17) is 19.9 Å². The van der Waals surface area contributed by atoms with E-state index in [0.29, 0.717) is 17.4 Å². The maximum atomic E-state index is 13.7. The molecular weight excluding hydrogens is 520 g/mol. The summed E-state index contributed by atoms with van der Waals surface area (Å²) >= 11 is 1.53. The van der Waals surface area contributed by atoms with Crippen molar-refractivity contribution in [3.63, 3.8) is 0 Å². The monoisotopic (exact) mass is 558 g/mol. The summed E-state index contributed by atoms with van der Waals surface area (Å²) in [5.74, 6) is 1.14. The summed E-state index contributed by atoms with van der Waals surface area (Å²) in [5, 5.41) is 4.35. The molecule has 0 aliphatic carbocycles. The van der Waals surface area contributed by atoms with Crippen molar-refractivity contribution in [2.45, 2.75) is 63.8 Å². The van der Waals surface area contributed by atoms with Crippen LogP contribution in [0.3, 0.4) is 0 Å². The number of ether oxygens (including phenoxy) is 3. The number of primary amides is 1. The van der Waals surface area contributed by atoms with Gasteiger partial charge < -0.3 is 30.2 Å². The fourth-order valence-electron chi connectivity index (χ4n) is 4.26. The summed E-state index contributed by atoms with van der Waals surface area (Å²) in [4.78, 5) is 44.4. The van der Waals surface area contributed by atoms with E-state index in [1.54, 1.807) is 34.1 Å². The molecule has 10 nitrogen and oxygen atoms in total. The summed E-state index contributed by atoms with van der Waals surface area (Å²) in [6, 6.07) is 5.60. The number of thioether (sulfide) groups is 1. The van der Waals surface area contributed by atoms with Gasteiger partial charge in [-0.05, 0) is 69.0 Å². The first-order valence-corrected chi connectivity index (χ1v) is 14.0. The van der Waals surface area contributed by atoms with Crippen LogP contribution in [-0.2, 0) is 14.3 Å². The first-order chi connectivity index (χ1) is 18.5. The minimum atomic E-state index is -0.905. The maximum absolute atomic E-state index is 13.7. The summed E-state index contributed by atoms with van der Waals surface area (Å²) in [5.41, 5.74) is 4.97. The average molecular weight is 559 g/mol. The van der Waals surface area contributed by atoms with Gasteiger partial charge in [0.1, 0.15) is 29.5 Å². The molecule has 1 aliphatic rings. The number of amides is 3. The number of allylic oxidation sites excluding steroid dienone is 1. The molecule has 0 spiro atoms. The van der Waals surface area contributed by atoms with Crippen LogP contribution in [0.1, 0.15) is 40.0 Å². The van der Waals surface area contributed by atoms with Gasteiger partial charge in [-0.15, -0.1) is 6.58 Å². The zero-order chi connectivity index (χ0) is 28.6. The van der Waals surface area contributed by atoms with Crippen molar-refractivity contribution in [2.75, 3.05) is 25.2 Å². The van der Waals surface area contributed by atoms with Crippen LogP contribution in [0, 0.1) is 0 Å². The molecule has 1 aliphatic heterocycles. The number of carbonyl (C=O) groups excluding carboxylic acids is 3. The van der Waals surface area contributed by atoms with Gasteiger partial charge in [0.15, 0.2) is 0 Å². The van der Waals surface area contributed by atoms with Crippen LogP contribution < -0.4 is 20.5 Å². The molecule has 2 aromatic rings. The molecule has 212 valence electrons. The standard InChI is InChI=1S/C28H38N4O6S/c1-6-7-8-13-39-17-22(31-27(35)38-28(2,3)4)26(34)32-16-20(15-23(32)24(29)33)37-25-21-10-9-19(36-5)14-18(21)11-12-30-25/h6,9-12,14,20,22-23H,1,7-8,13,15-17H2,2-5H3,(H2,29,33)(H,31,35)/t20-,22+,23?/m1/s1. The Morgan fingerprint density at radius 3 is 2.74 bits per heavy atom. The number of likely N-dealkylation sites (tertiary alicyclic amines) is 1. The number of methoxy groups -OCH3 is 1. The van der Waals surface area contributed by atoms with Crippen molar-refractivity contribution in [1.29, 1.82) is 0 Å². The molecule has 0 bridgehead atoms. The van der Waals surface area contributed by atoms with Crippen molar-refractivity contribution >= 4 is 40.4 Å². The Hall–Kier alpha value is -3.47. The number of unbranched alkanes of at least 4 members (excludes halogenated alkanes) is 1. The second-order valence-corrected chi connectivity index (χ2v) is 11.4. The number of aromatic nitrogens is 1. The highest BCUT2D eigenvalue weighted by molar-refractivity contribution is 7.99. The molecule has 1 fully saturated rings. The molecule has 3 N–H and O–H groups in total. The van der Waals surface area contributed by atoms with Crippen molar-refractivity contribution in [3.8, 4) is 11.6 Å². The Kier molecular flexibility index (Phi) is 10.4. The van der Waals surface area contributed by atoms with Crippen LogP contribution in [0.25, 0.3) is 10.8 Å². The molecule has 3 rings (SSSR count). The molecule has 39 heavy (non-hydrogen) atoms. The van der Waals surface area contributed by atoms with Crippen molar-refractivity contribution < 1.29 is 28.6 Å². The summed E-state index contributed by atoms with van der Waals surface area (Å²) < 4.78 is 16.9. The molecular formula is C28H38N4O6S. The Morgan fingerprint density at radius 1 is 1.31 bits per heavy atom. The summed E-state index contributed by atoms with van der Waals surface area (Å²) in [7, 11) is 1.60. The Balaban J connectivity index is 1.77. The quantitative estimate of drug-likeness (QED) is 0.298. The minimum Gasteiger partial charge on any atom is -0.497 e. The van der Waals surface area contributed by atoms with E-state index < -0.39 is 41.7 Å². The van der Waals surface area contributed by atoms with Crippen LogP contribution in [-0.4, -0.2) is 76.7 Å². The second kappa shape index (κ2) is 13.5. The number of nitrogens with one attached hydrogen (secondary N) is 1. The lowest BCUT2D eigenvalue weighted by Crippen LogP contribution is -2.54. The highest BCUT2D eigenvalue weighted by Gasteiger charge is 2.42. The first kappa shape index (κ1) is 30.1. The van der Waals surface area contributed by atoms with E-state index >= 15 is 0 Å². The van der Waals surface area contributed by atoms with Crippen molar-refractivity contribution in [2.24, 2.45) is 5.73 Å². The molecule has 1 aromatic carbocycles. The molecule has 1 unspecified atom stereocenters. The topological polar surface area (TPSA) is 133 Å². The average Bonchev–Trinajstić information content (AvgIpc) is 3.30. The predicted molar refractivity (Wildman–Crippen MR) is 152 cm³/mol. The number of nitrogens with two attached hydrogens (primary N) is 1. The van der Waals surface area contributed by atoms with Gasteiger partial charge in [-0.3, -0.25) is 9.59 Å². The number of pyridine rings is 1. The van der Waals surface area contributed by atoms with Crippen LogP contribution in [0.15, 0.2) is 43.1 Å². The molecule has 0 radical (unpaired) electrons. The largest absolute Gasteiger partial charge is 0.497 e. The molecule has 3 atom stereocenters. The fourth-order valence-corrected chi connectivity index (χ4v) is 5.26. The predicted octanol–water partition coefficient (Wildman–Crippen LogP) is 3.67. The Morgan fingerprint density at radius 2 is 2.08 bits per heavy atom. The third-order valence-electron chi connectivity index (χ3n) is 6.06. The van der Waals surface area contributed by atoms with E-state index in [-0.39, 0.29) is 13.0 Å². The first-order valence-electron chi connectivity index (χ1n) is 12.9. The lowest BCUT2D eigenvalue weighted by Gasteiger charge is -2.28. The van der Waals surface area contributed by atoms with Crippen LogP contribution in [0.5, 0.6) is 11.6 Å². The smallest absolute Gasteiger partial charge is 0.408 e. The van der Waals surface area contributed by atoms with Gasteiger partial charge in [-0.2, -0.15) is 11.8 Å². The minimum absolute atomic E-state index is 0.119. The number of alkyl carbamates (subject to hydrolysis) is 1. The van der Waals surface area contributed by atoms with Crippen LogP contribution in [0.2, 0.25) is 0 Å². The van der Waals surface area contributed by atoms with Gasteiger partial charge in [0, 0.05) is 23.8 Å². The van der Waals surface area contributed by atoms with Gasteiger partial charge in [0.05, 0.1) is 13.7 Å². The molecule has 1 aromatic heterocycles. The number of rotatable bonds is 12. The third-order valence-corrected chi connectivity index (χ3v) is 7.20. The van der Waals surface area contributed by atoms with E-state index in [1.807, 2.05) is 30.3 Å². The highest BCUT2D eigenvalue weighted by Crippen LogP contribution is 2.30. The number of nitrogens with zero attached hydrogens (tertiary/aromatic N) is 2. The number of hydrogen-bond donors (Lipinski definition) is 2. The van der Waals surface area contributed by atoms with Crippen LogP contribution >= 0.6 is 11.8 Å². The van der Waals surface area contributed by atoms with Crippen molar-refractivity contribution in [3.05, 3.63) is 43.1 Å². The van der Waals surface area contributed by atoms with Crippen molar-refractivity contribution in [1.82, 2.24) is 15.2 Å². The van der Waals surface area contributed by atoms with Gasteiger partial charge in [0.25, 0.3) is 0 Å². The molecule has 0 saturated carbocycles. The zero-order valence-corrected chi connectivity index (χ0v) is 23.8. The Labute approximate surface area is 233 Å². The zero-order valence-electron chi connectivity index (χ0n) is 23.0. The van der Waals surface area contributed by atoms with Gasteiger partial charge in [-0.25, -0.2) is 9.78 Å². The number of benzene rings is 1. The lowest BCUT2D eigenvalue weighted by atomic mass is 10.1. The van der Waals surface area contributed by atoms with Crippen LogP contribution in [0.4, 0.5) is 4.79 Å². The van der Waals surface area contributed by atoms with E-state index in [1.165, 1.54) is 16.7 Å². The SMILES string of the molecule is C=CCCCSC[C@H](NC(=O)OC(C)(C)C)C(=O)N1C[C@H](Oc2nccc3cc(OC)ccc23)CC1C(N)=O. The summed E-state index contributed by atoms with van der Waals surface area (Å²) in [6.07, 6.45) is 4.21. The van der Waals surface area contributed by atoms with E-state index in [2.05, 4.69) is 16.9 Å². The molecule has 11 heteroatoms. The Bertz CT molecular complexity index is 1180. The fraction of sp³-hybridized carbons (Fsp3) is 0.500. The third kappa shape index (κ3) is 8.51. The van der Waals surface area contributed by atoms with E-state index in [0.717, 1.165) is 29.4 Å². The highest BCUT2D eigenvalue weighted by atomic mass is 32.2. The van der Waals surface area contributed by atoms with Gasteiger partial charge in [0.2, 0.25) is 17.7 Å². The molecule has 3 amide bonds. The number of carbonyl (C=O) groups is 3. The van der Waals surface area contributed by atoms with Gasteiger partial charge >= 0.3 is 6.09 Å². The molecule has 2 heterocycles. The maximum Gasteiger partial charge on any atom is 0.408 e. The summed E-state index contributed by atoms with van der Waals surface area (Å²) in [6.45, 7) is 9.08.